The maximum Gasteiger partial charge on any atom is 0.0613 e. The smallest absolute Gasteiger partial charge is 0.0613 e. The fourth-order valence-electron chi connectivity index (χ4n) is 2.85. The Hall–Kier alpha value is -0.380. The van der Waals surface area contributed by atoms with Gasteiger partial charge in [0.05, 0.1) is 6.61 Å². The first-order chi connectivity index (χ1) is 8.54. The van der Waals surface area contributed by atoms with Crippen LogP contribution in [0.1, 0.15) is 47.9 Å². The zero-order valence-corrected chi connectivity index (χ0v) is 12.6. The van der Waals surface area contributed by atoms with Gasteiger partial charge in [-0.05, 0) is 57.1 Å². The Morgan fingerprint density at radius 1 is 1.39 bits per heavy atom. The molecule has 0 unspecified atom stereocenters. The molecule has 2 N–H and O–H groups in total. The highest BCUT2D eigenvalue weighted by molar-refractivity contribution is 7.12. The molecule has 18 heavy (non-hydrogen) atoms. The third-order valence-corrected chi connectivity index (χ3v) is 5.34. The van der Waals surface area contributed by atoms with Crippen molar-refractivity contribution in [3.8, 4) is 0 Å². The summed E-state index contributed by atoms with van der Waals surface area (Å²) in [5.41, 5.74) is 1.36. The second-order valence-corrected chi connectivity index (χ2v) is 7.37. The molecule has 0 saturated heterocycles. The molecule has 0 amide bonds. The monoisotopic (exact) mass is 267 g/mol. The number of hydrogen-bond donors (Lipinski definition) is 2. The van der Waals surface area contributed by atoms with Gasteiger partial charge in [0, 0.05) is 21.8 Å². The van der Waals surface area contributed by atoms with E-state index in [0.29, 0.717) is 0 Å². The molecule has 1 aromatic rings. The second kappa shape index (κ2) is 5.72. The molecule has 102 valence electrons. The molecule has 0 aliphatic heterocycles. The number of aryl methyl sites for hydroxylation is 2. The van der Waals surface area contributed by atoms with E-state index in [1.807, 2.05) is 11.3 Å². The highest BCUT2D eigenvalue weighted by Gasteiger charge is 2.33. The maximum atomic E-state index is 9.72. The van der Waals surface area contributed by atoms with E-state index in [1.54, 1.807) is 0 Å². The van der Waals surface area contributed by atoms with Crippen LogP contribution >= 0.6 is 11.3 Å². The van der Waals surface area contributed by atoms with Crippen molar-refractivity contribution in [2.45, 2.75) is 58.5 Å². The lowest BCUT2D eigenvalue weighted by Gasteiger charge is -2.39. The van der Waals surface area contributed by atoms with Crippen LogP contribution in [0.4, 0.5) is 0 Å². The highest BCUT2D eigenvalue weighted by Crippen LogP contribution is 2.32. The van der Waals surface area contributed by atoms with Crippen molar-refractivity contribution < 1.29 is 5.11 Å². The highest BCUT2D eigenvalue weighted by atomic mass is 32.1. The Balaban J connectivity index is 1.97. The van der Waals surface area contributed by atoms with Crippen molar-refractivity contribution in [1.29, 1.82) is 0 Å². The van der Waals surface area contributed by atoms with Gasteiger partial charge in [-0.15, -0.1) is 11.3 Å². The van der Waals surface area contributed by atoms with Crippen LogP contribution in [-0.4, -0.2) is 17.3 Å². The van der Waals surface area contributed by atoms with Crippen LogP contribution in [0.3, 0.4) is 0 Å². The minimum Gasteiger partial charge on any atom is -0.394 e. The molecule has 1 heterocycles. The average molecular weight is 267 g/mol. The third kappa shape index (κ3) is 3.14. The Kier molecular flexibility index (Phi) is 4.46. The summed E-state index contributed by atoms with van der Waals surface area (Å²) in [5, 5.41) is 13.4. The normalized spacial score (nSPS) is 28.6. The van der Waals surface area contributed by atoms with Gasteiger partial charge in [-0.25, -0.2) is 0 Å². The van der Waals surface area contributed by atoms with Crippen LogP contribution in [-0.2, 0) is 6.54 Å². The summed E-state index contributed by atoms with van der Waals surface area (Å²) in [6.45, 7) is 7.81. The molecule has 0 aromatic carbocycles. The molecular formula is C15H25NOS. The molecule has 2 nitrogen and oxygen atoms in total. The Morgan fingerprint density at radius 2 is 2.06 bits per heavy atom. The number of nitrogens with one attached hydrogen (secondary N) is 1. The van der Waals surface area contributed by atoms with Crippen LogP contribution in [0.15, 0.2) is 6.07 Å². The van der Waals surface area contributed by atoms with Crippen molar-refractivity contribution in [1.82, 2.24) is 5.32 Å². The molecule has 3 heteroatoms. The van der Waals surface area contributed by atoms with E-state index in [-0.39, 0.29) is 12.1 Å². The van der Waals surface area contributed by atoms with Crippen molar-refractivity contribution in [3.63, 3.8) is 0 Å². The first-order valence-corrected chi connectivity index (χ1v) is 7.78. The number of aliphatic hydroxyl groups excluding tert-OH is 1. The lowest BCUT2D eigenvalue weighted by Crippen LogP contribution is -2.50. The molecule has 1 aliphatic rings. The first-order valence-electron chi connectivity index (χ1n) is 6.96. The number of hydrogen-bond acceptors (Lipinski definition) is 3. The van der Waals surface area contributed by atoms with Gasteiger partial charge in [0.2, 0.25) is 0 Å². The topological polar surface area (TPSA) is 32.3 Å². The van der Waals surface area contributed by atoms with E-state index in [1.165, 1.54) is 28.2 Å². The summed E-state index contributed by atoms with van der Waals surface area (Å²) in [6.07, 6.45) is 4.67. The first kappa shape index (κ1) is 14.0. The minimum absolute atomic E-state index is 0.0329. The fraction of sp³-hybridized carbons (Fsp3) is 0.733. The van der Waals surface area contributed by atoms with Crippen molar-refractivity contribution in [3.05, 3.63) is 21.4 Å². The predicted molar refractivity (Wildman–Crippen MR) is 78.1 cm³/mol. The fourth-order valence-corrected chi connectivity index (χ4v) is 3.79. The van der Waals surface area contributed by atoms with Crippen LogP contribution in [0.5, 0.6) is 0 Å². The molecule has 0 radical (unpaired) electrons. The van der Waals surface area contributed by atoms with Gasteiger partial charge in [-0.1, -0.05) is 6.92 Å². The Morgan fingerprint density at radius 3 is 2.56 bits per heavy atom. The summed E-state index contributed by atoms with van der Waals surface area (Å²) in [5.74, 6) is 0.816. The van der Waals surface area contributed by atoms with E-state index in [0.717, 1.165) is 25.3 Å². The largest absolute Gasteiger partial charge is 0.394 e. The zero-order chi connectivity index (χ0) is 13.2. The average Bonchev–Trinajstić information content (AvgIpc) is 2.68. The summed E-state index contributed by atoms with van der Waals surface area (Å²) < 4.78 is 0. The third-order valence-electron chi connectivity index (χ3n) is 4.33. The lowest BCUT2D eigenvalue weighted by atomic mass is 9.77. The van der Waals surface area contributed by atoms with Crippen molar-refractivity contribution >= 4 is 11.3 Å². The van der Waals surface area contributed by atoms with E-state index in [2.05, 4.69) is 32.2 Å². The zero-order valence-electron chi connectivity index (χ0n) is 11.8. The molecule has 0 bridgehead atoms. The molecular weight excluding hydrogens is 242 g/mol. The second-order valence-electron chi connectivity index (χ2n) is 5.91. The van der Waals surface area contributed by atoms with Crippen LogP contribution in [0.25, 0.3) is 0 Å². The summed E-state index contributed by atoms with van der Waals surface area (Å²) in [7, 11) is 0. The van der Waals surface area contributed by atoms with E-state index < -0.39 is 0 Å². The minimum atomic E-state index is -0.0329. The van der Waals surface area contributed by atoms with E-state index in [9.17, 15) is 5.11 Å². The van der Waals surface area contributed by atoms with Gasteiger partial charge in [0.1, 0.15) is 0 Å². The summed E-state index contributed by atoms with van der Waals surface area (Å²) >= 11 is 1.86. The predicted octanol–water partition coefficient (Wildman–Crippen LogP) is 3.40. The van der Waals surface area contributed by atoms with Crippen molar-refractivity contribution in [2.24, 2.45) is 5.92 Å². The summed E-state index contributed by atoms with van der Waals surface area (Å²) in [4.78, 5) is 2.77. The lowest BCUT2D eigenvalue weighted by molar-refractivity contribution is 0.104. The quantitative estimate of drug-likeness (QED) is 0.876. The standard InChI is InChI=1S/C15H25NOS/c1-11-4-6-15(10-17,7-5-11)16-9-14-8-12(2)18-13(14)3/h8,11,16-17H,4-7,9-10H2,1-3H3. The molecule has 2 rings (SSSR count). The van der Waals surface area contributed by atoms with Gasteiger partial charge in [0.15, 0.2) is 0 Å². The molecule has 0 spiro atoms. The van der Waals surface area contributed by atoms with E-state index >= 15 is 0 Å². The van der Waals surface area contributed by atoms with Crippen LogP contribution in [0, 0.1) is 19.8 Å². The summed E-state index contributed by atoms with van der Waals surface area (Å²) in [6, 6.07) is 2.27. The Labute approximate surface area is 114 Å². The molecule has 1 aliphatic carbocycles. The van der Waals surface area contributed by atoms with Gasteiger partial charge in [0.25, 0.3) is 0 Å². The van der Waals surface area contributed by atoms with E-state index in [4.69, 9.17) is 0 Å². The SMILES string of the molecule is Cc1cc(CNC2(CO)CCC(C)CC2)c(C)s1. The van der Waals surface area contributed by atoms with Gasteiger partial charge in [-0.2, -0.15) is 0 Å². The molecule has 1 fully saturated rings. The molecule has 1 aromatic heterocycles. The van der Waals surface area contributed by atoms with Gasteiger partial charge in [-0.3, -0.25) is 0 Å². The van der Waals surface area contributed by atoms with Gasteiger partial charge >= 0.3 is 0 Å². The number of thiophene rings is 1. The van der Waals surface area contributed by atoms with Crippen molar-refractivity contribution in [2.75, 3.05) is 6.61 Å². The van der Waals surface area contributed by atoms with Crippen LogP contribution in [0.2, 0.25) is 0 Å². The van der Waals surface area contributed by atoms with Gasteiger partial charge < -0.3 is 10.4 Å². The molecule has 0 atom stereocenters. The van der Waals surface area contributed by atoms with Crippen LogP contribution < -0.4 is 5.32 Å². The molecule has 1 saturated carbocycles. The number of aliphatic hydroxyl groups is 1. The maximum absolute atomic E-state index is 9.72. The Bertz CT molecular complexity index is 391. The number of rotatable bonds is 4.